The lowest BCUT2D eigenvalue weighted by molar-refractivity contribution is 0.669. The van der Waals surface area contributed by atoms with Crippen LogP contribution in [0.4, 0.5) is 0 Å². The smallest absolute Gasteiger partial charge is 0.136 e. The lowest BCUT2D eigenvalue weighted by Gasteiger charge is -2.15. The van der Waals surface area contributed by atoms with Gasteiger partial charge in [0.05, 0.1) is 0 Å². The van der Waals surface area contributed by atoms with Gasteiger partial charge in [-0.05, 0) is 147 Å². The molecule has 0 saturated heterocycles. The zero-order valence-electron chi connectivity index (χ0n) is 31.0. The zero-order valence-corrected chi connectivity index (χ0v) is 31.0. The molecule has 0 bridgehead atoms. The first kappa shape index (κ1) is 31.8. The summed E-state index contributed by atoms with van der Waals surface area (Å²) in [6.45, 7) is 0. The van der Waals surface area contributed by atoms with Crippen molar-refractivity contribution in [2.45, 2.75) is 0 Å². The van der Waals surface area contributed by atoms with Crippen molar-refractivity contribution >= 4 is 75.8 Å². The molecule has 1 heterocycles. The topological polar surface area (TPSA) is 13.1 Å². The predicted molar refractivity (Wildman–Crippen MR) is 243 cm³/mol. The highest BCUT2D eigenvalue weighted by atomic mass is 16.3. The Kier molecular flexibility index (Phi) is 7.00. The van der Waals surface area contributed by atoms with E-state index in [2.05, 4.69) is 206 Å². The normalized spacial score (nSPS) is 11.9. The maximum atomic E-state index is 6.53. The molecule has 0 spiro atoms. The third kappa shape index (κ3) is 5.17. The molecule has 12 rings (SSSR count). The van der Waals surface area contributed by atoms with Crippen molar-refractivity contribution in [3.05, 3.63) is 206 Å². The summed E-state index contributed by atoms with van der Waals surface area (Å²) < 4.78 is 6.53. The summed E-state index contributed by atoms with van der Waals surface area (Å²) in [4.78, 5) is 0. The Hall–Kier alpha value is -7.48. The molecule has 0 saturated carbocycles. The summed E-state index contributed by atoms with van der Waals surface area (Å²) in [5, 5.41) is 14.8. The van der Waals surface area contributed by atoms with Crippen LogP contribution in [0.5, 0.6) is 0 Å². The SMILES string of the molecule is c1ccc2cc(-c3ccc4c(c3)oc3cc(-c5ccc6cc(-c7cccc8c(-c9cc%10ccccc%10c%10ccccc9%10)cccc78)ccc6c5)ccc34)ccc2c1. The molecule has 12 aromatic rings. The van der Waals surface area contributed by atoms with Gasteiger partial charge >= 0.3 is 0 Å². The fourth-order valence-corrected chi connectivity index (χ4v) is 9.17. The molecule has 0 amide bonds. The molecule has 0 unspecified atom stereocenters. The van der Waals surface area contributed by atoms with Crippen LogP contribution in [0.1, 0.15) is 0 Å². The first-order valence-corrected chi connectivity index (χ1v) is 19.6. The van der Waals surface area contributed by atoms with Gasteiger partial charge in [-0.25, -0.2) is 0 Å². The molecule has 0 aliphatic carbocycles. The van der Waals surface area contributed by atoms with Crippen molar-refractivity contribution in [2.75, 3.05) is 0 Å². The molecule has 0 aliphatic rings. The van der Waals surface area contributed by atoms with E-state index < -0.39 is 0 Å². The van der Waals surface area contributed by atoms with E-state index in [1.807, 2.05) is 0 Å². The van der Waals surface area contributed by atoms with Gasteiger partial charge < -0.3 is 4.42 Å². The monoisotopic (exact) mass is 722 g/mol. The molecule has 0 atom stereocenters. The molecule has 264 valence electrons. The van der Waals surface area contributed by atoms with Crippen LogP contribution in [0.15, 0.2) is 211 Å². The first-order valence-electron chi connectivity index (χ1n) is 19.6. The van der Waals surface area contributed by atoms with Crippen molar-refractivity contribution in [3.63, 3.8) is 0 Å². The van der Waals surface area contributed by atoms with Crippen molar-refractivity contribution in [2.24, 2.45) is 0 Å². The summed E-state index contributed by atoms with van der Waals surface area (Å²) >= 11 is 0. The fraction of sp³-hybridized carbons (Fsp3) is 0. The molecule has 1 heteroatoms. The first-order chi connectivity index (χ1) is 28.2. The minimum atomic E-state index is 0.903. The number of hydrogen-bond acceptors (Lipinski definition) is 1. The van der Waals surface area contributed by atoms with E-state index in [1.165, 1.54) is 87.2 Å². The molecule has 1 aromatic heterocycles. The van der Waals surface area contributed by atoms with Gasteiger partial charge in [-0.1, -0.05) is 158 Å². The Labute approximate surface area is 329 Å². The summed E-state index contributed by atoms with van der Waals surface area (Å²) in [6.07, 6.45) is 0. The van der Waals surface area contributed by atoms with Gasteiger partial charge in [-0.3, -0.25) is 0 Å². The van der Waals surface area contributed by atoms with Crippen molar-refractivity contribution in [3.8, 4) is 44.5 Å². The van der Waals surface area contributed by atoms with Crippen LogP contribution in [0.2, 0.25) is 0 Å². The van der Waals surface area contributed by atoms with E-state index in [9.17, 15) is 0 Å². The van der Waals surface area contributed by atoms with Gasteiger partial charge in [0.1, 0.15) is 11.2 Å². The highest BCUT2D eigenvalue weighted by molar-refractivity contribution is 6.17. The fourth-order valence-electron chi connectivity index (χ4n) is 9.17. The standard InChI is InChI=1S/C56H34O/c1-2-10-36-29-38(20-19-35(36)9-1)41-25-27-52-53-28-26-42(34-56(53)57-55(52)33-41)39-21-22-40-31-44(24-23-37(40)30-39)46-15-7-17-49-48(46)16-8-18-51(49)54-32-43-11-3-4-12-45(43)47-13-5-6-14-50(47)54/h1-34H. The molecule has 0 radical (unpaired) electrons. The van der Waals surface area contributed by atoms with Crippen LogP contribution in [0.3, 0.4) is 0 Å². The Bertz CT molecular complexity index is 3580. The number of rotatable bonds is 4. The number of furan rings is 1. The van der Waals surface area contributed by atoms with Crippen LogP contribution in [-0.2, 0) is 0 Å². The highest BCUT2D eigenvalue weighted by Gasteiger charge is 2.15. The largest absolute Gasteiger partial charge is 0.456 e. The maximum absolute atomic E-state index is 6.53. The lowest BCUT2D eigenvalue weighted by Crippen LogP contribution is -1.88. The Morgan fingerprint density at radius 1 is 0.211 bits per heavy atom. The predicted octanol–water partition coefficient (Wildman–Crippen LogP) is 16.0. The van der Waals surface area contributed by atoms with E-state index in [1.54, 1.807) is 0 Å². The van der Waals surface area contributed by atoms with Crippen molar-refractivity contribution in [1.82, 2.24) is 0 Å². The summed E-state index contributed by atoms with van der Waals surface area (Å²) in [5.74, 6) is 0. The third-order valence-corrected chi connectivity index (χ3v) is 12.0. The second-order valence-electron chi connectivity index (χ2n) is 15.3. The van der Waals surface area contributed by atoms with Crippen LogP contribution in [0.25, 0.3) is 120 Å². The minimum Gasteiger partial charge on any atom is -0.456 e. The number of benzene rings is 11. The second kappa shape index (κ2) is 12.5. The Morgan fingerprint density at radius 2 is 0.649 bits per heavy atom. The average Bonchev–Trinajstić information content (AvgIpc) is 3.65. The van der Waals surface area contributed by atoms with Gasteiger partial charge in [0.25, 0.3) is 0 Å². The van der Waals surface area contributed by atoms with Gasteiger partial charge in [0.15, 0.2) is 0 Å². The molecule has 11 aromatic carbocycles. The van der Waals surface area contributed by atoms with Crippen LogP contribution in [-0.4, -0.2) is 0 Å². The van der Waals surface area contributed by atoms with Gasteiger partial charge in [0.2, 0.25) is 0 Å². The highest BCUT2D eigenvalue weighted by Crippen LogP contribution is 2.41. The summed E-state index contributed by atoms with van der Waals surface area (Å²) in [7, 11) is 0. The van der Waals surface area contributed by atoms with E-state index in [0.717, 1.165) is 33.1 Å². The molecular weight excluding hydrogens is 689 g/mol. The van der Waals surface area contributed by atoms with Gasteiger partial charge in [-0.15, -0.1) is 0 Å². The molecule has 0 aliphatic heterocycles. The number of hydrogen-bond donors (Lipinski definition) is 0. The lowest BCUT2D eigenvalue weighted by atomic mass is 9.88. The van der Waals surface area contributed by atoms with Crippen LogP contribution < -0.4 is 0 Å². The molecule has 0 fully saturated rings. The minimum absolute atomic E-state index is 0.903. The van der Waals surface area contributed by atoms with E-state index in [0.29, 0.717) is 0 Å². The molecular formula is C56H34O. The molecule has 1 nitrogen and oxygen atoms in total. The number of fused-ring (bicyclic) bond motifs is 9. The maximum Gasteiger partial charge on any atom is 0.136 e. The quantitative estimate of drug-likeness (QED) is 0.165. The van der Waals surface area contributed by atoms with Gasteiger partial charge in [-0.2, -0.15) is 0 Å². The third-order valence-electron chi connectivity index (χ3n) is 12.0. The summed E-state index contributed by atoms with van der Waals surface area (Å²) in [5.41, 5.74) is 11.5. The van der Waals surface area contributed by atoms with Crippen molar-refractivity contribution in [1.29, 1.82) is 0 Å². The Morgan fingerprint density at radius 3 is 1.35 bits per heavy atom. The van der Waals surface area contributed by atoms with Crippen LogP contribution in [0, 0.1) is 0 Å². The van der Waals surface area contributed by atoms with Gasteiger partial charge in [0, 0.05) is 10.8 Å². The van der Waals surface area contributed by atoms with Crippen molar-refractivity contribution < 1.29 is 4.42 Å². The molecule has 0 N–H and O–H groups in total. The van der Waals surface area contributed by atoms with E-state index in [-0.39, 0.29) is 0 Å². The molecule has 57 heavy (non-hydrogen) atoms. The summed E-state index contributed by atoms with van der Waals surface area (Å²) in [6, 6.07) is 75.4. The van der Waals surface area contributed by atoms with Crippen LogP contribution >= 0.6 is 0 Å². The van der Waals surface area contributed by atoms with E-state index in [4.69, 9.17) is 4.42 Å². The second-order valence-corrected chi connectivity index (χ2v) is 15.3. The zero-order chi connectivity index (χ0) is 37.5. The van der Waals surface area contributed by atoms with E-state index >= 15 is 0 Å². The average molecular weight is 723 g/mol. The Balaban J connectivity index is 0.898.